The number of alkyl halides is 1. The normalized spacial score (nSPS) is 52.5. The Balaban J connectivity index is 1.84. The number of ketones is 2. The highest BCUT2D eigenvalue weighted by Crippen LogP contribution is 2.70. The van der Waals surface area contributed by atoms with Crippen LogP contribution in [-0.4, -0.2) is 50.9 Å². The maximum Gasteiger partial charge on any atom is 0.190 e. The molecule has 0 unspecified atom stereocenters. The Kier molecular flexibility index (Phi) is 4.15. The molecule has 0 amide bonds. The highest BCUT2D eigenvalue weighted by Gasteiger charge is 2.74. The summed E-state index contributed by atoms with van der Waals surface area (Å²) in [4.78, 5) is 24.3. The summed E-state index contributed by atoms with van der Waals surface area (Å²) in [5.41, 5.74) is -5.14. The highest BCUT2D eigenvalue weighted by molar-refractivity contribution is 6.01. The molecule has 0 saturated heterocycles. The average Bonchev–Trinajstić information content (AvgIpc) is 2.91. The van der Waals surface area contributed by atoms with Crippen LogP contribution in [0, 0.1) is 28.6 Å². The summed E-state index contributed by atoms with van der Waals surface area (Å²) in [7, 11) is 0. The number of Topliss-reactive ketones (excluding diaryl/α,β-unsaturated/α-hetero) is 1. The van der Waals surface area contributed by atoms with Gasteiger partial charge < -0.3 is 15.3 Å². The minimum atomic E-state index is -1.99. The molecule has 0 aromatic heterocycles. The molecule has 3 saturated carbocycles. The predicted octanol–water partition coefficient (Wildman–Crippen LogP) is 1.90. The lowest BCUT2D eigenvalue weighted by atomic mass is 9.43. The summed E-state index contributed by atoms with van der Waals surface area (Å²) in [6, 6.07) is 0. The summed E-state index contributed by atoms with van der Waals surface area (Å²) < 4.78 is 16.9. The number of rotatable bonds is 2. The van der Waals surface area contributed by atoms with Crippen LogP contribution in [0.25, 0.3) is 0 Å². The zero-order valence-electron chi connectivity index (χ0n) is 16.6. The summed E-state index contributed by atoms with van der Waals surface area (Å²) in [5, 5.41) is 31.7. The highest BCUT2D eigenvalue weighted by atomic mass is 19.1. The molecule has 6 heteroatoms. The third-order valence-electron chi connectivity index (χ3n) is 8.73. The molecule has 5 nitrogen and oxygen atoms in total. The Morgan fingerprint density at radius 2 is 2.00 bits per heavy atom. The van der Waals surface area contributed by atoms with Crippen molar-refractivity contribution in [2.45, 2.75) is 63.8 Å². The van der Waals surface area contributed by atoms with Crippen molar-refractivity contribution >= 4 is 11.6 Å². The van der Waals surface area contributed by atoms with E-state index in [0.717, 1.165) is 0 Å². The smallest absolute Gasteiger partial charge is 0.190 e. The number of hydrogen-bond acceptors (Lipinski definition) is 5. The van der Waals surface area contributed by atoms with Crippen LogP contribution >= 0.6 is 0 Å². The minimum Gasteiger partial charge on any atom is -0.390 e. The predicted molar refractivity (Wildman–Crippen MR) is 99.9 cm³/mol. The van der Waals surface area contributed by atoms with Gasteiger partial charge >= 0.3 is 0 Å². The van der Waals surface area contributed by atoms with Crippen LogP contribution in [0.1, 0.15) is 46.5 Å². The summed E-state index contributed by atoms with van der Waals surface area (Å²) in [5.74, 6) is -1.73. The van der Waals surface area contributed by atoms with Crippen molar-refractivity contribution < 1.29 is 29.3 Å². The molecule has 3 fully saturated rings. The topological polar surface area (TPSA) is 94.8 Å². The maximum absolute atomic E-state index is 16.9. The van der Waals surface area contributed by atoms with Crippen LogP contribution in [0.4, 0.5) is 4.39 Å². The van der Waals surface area contributed by atoms with Crippen LogP contribution < -0.4 is 0 Å². The molecular weight excluding hydrogens is 363 g/mol. The van der Waals surface area contributed by atoms with Crippen molar-refractivity contribution in [2.24, 2.45) is 28.6 Å². The standard InChI is InChI=1S/C22H29FO5/c1-12-8-16-14-5-7-21(28,18(27)11-24)20(14,3)10-17(26)22(16,23)19(2)6-4-13(25)9-15(12)19/h4,6,9,12,14,16-17,24,26,28H,5,7-8,10-11H2,1-3H3/t12-,14-,16+,17+,19-,20+,21-,22-/m0/s1. The first-order valence-corrected chi connectivity index (χ1v) is 10.1. The lowest BCUT2D eigenvalue weighted by molar-refractivity contribution is -0.221. The SMILES string of the molecule is C[C@H]1C[C@@H]2[C@@H]3CC[C@](O)(C(=O)CO)[C@]3(C)C[C@@H](O)[C@]2(F)[C@@]2(C)C=CC(=O)C=C12. The lowest BCUT2D eigenvalue weighted by Gasteiger charge is -2.63. The molecule has 8 atom stereocenters. The Labute approximate surface area is 164 Å². The van der Waals surface area contributed by atoms with E-state index in [4.69, 9.17) is 0 Å². The van der Waals surface area contributed by atoms with Crippen molar-refractivity contribution in [2.75, 3.05) is 6.61 Å². The third-order valence-corrected chi connectivity index (χ3v) is 8.73. The van der Waals surface area contributed by atoms with E-state index in [0.29, 0.717) is 18.4 Å². The minimum absolute atomic E-state index is 0.0513. The van der Waals surface area contributed by atoms with Crippen LogP contribution in [0.2, 0.25) is 0 Å². The van der Waals surface area contributed by atoms with E-state index in [1.54, 1.807) is 19.9 Å². The van der Waals surface area contributed by atoms with Gasteiger partial charge in [0.1, 0.15) is 12.2 Å². The quantitative estimate of drug-likeness (QED) is 0.667. The molecule has 3 N–H and O–H groups in total. The number of hydrogen-bond donors (Lipinski definition) is 3. The van der Waals surface area contributed by atoms with Gasteiger partial charge in [-0.3, -0.25) is 9.59 Å². The number of aliphatic hydroxyl groups is 3. The van der Waals surface area contributed by atoms with Crippen LogP contribution in [0.5, 0.6) is 0 Å². The van der Waals surface area contributed by atoms with Crippen molar-refractivity contribution in [1.82, 2.24) is 0 Å². The Bertz CT molecular complexity index is 805. The van der Waals surface area contributed by atoms with Crippen LogP contribution in [0.15, 0.2) is 23.8 Å². The number of allylic oxidation sites excluding steroid dienone is 4. The second-order valence-electron chi connectivity index (χ2n) is 9.77. The zero-order valence-corrected chi connectivity index (χ0v) is 16.6. The number of halogens is 1. The van der Waals surface area contributed by atoms with E-state index in [-0.39, 0.29) is 30.5 Å². The van der Waals surface area contributed by atoms with Gasteiger partial charge in [-0.25, -0.2) is 4.39 Å². The number of aliphatic hydroxyl groups excluding tert-OH is 2. The van der Waals surface area contributed by atoms with Gasteiger partial charge in [-0.15, -0.1) is 0 Å². The number of carbonyl (C=O) groups is 2. The molecule has 0 aromatic rings. The largest absolute Gasteiger partial charge is 0.390 e. The van der Waals surface area contributed by atoms with E-state index in [1.807, 2.05) is 6.92 Å². The molecule has 28 heavy (non-hydrogen) atoms. The average molecular weight is 392 g/mol. The van der Waals surface area contributed by atoms with E-state index in [1.165, 1.54) is 12.2 Å². The fourth-order valence-corrected chi connectivity index (χ4v) is 7.19. The molecule has 0 bridgehead atoms. The van der Waals surface area contributed by atoms with Gasteiger partial charge in [0.25, 0.3) is 0 Å². The van der Waals surface area contributed by atoms with E-state index < -0.39 is 46.5 Å². The van der Waals surface area contributed by atoms with Crippen molar-refractivity contribution in [1.29, 1.82) is 0 Å². The fourth-order valence-electron chi connectivity index (χ4n) is 7.19. The van der Waals surface area contributed by atoms with Gasteiger partial charge in [-0.2, -0.15) is 0 Å². The Hall–Kier alpha value is -1.37. The summed E-state index contributed by atoms with van der Waals surface area (Å²) >= 11 is 0. The molecule has 4 aliphatic carbocycles. The molecule has 0 heterocycles. The monoisotopic (exact) mass is 392 g/mol. The van der Waals surface area contributed by atoms with Crippen molar-refractivity contribution in [3.63, 3.8) is 0 Å². The van der Waals surface area contributed by atoms with Gasteiger partial charge in [0.05, 0.1) is 6.10 Å². The van der Waals surface area contributed by atoms with E-state index >= 15 is 4.39 Å². The van der Waals surface area contributed by atoms with Crippen molar-refractivity contribution in [3.8, 4) is 0 Å². The zero-order chi connectivity index (χ0) is 20.7. The maximum atomic E-state index is 16.9. The Morgan fingerprint density at radius 3 is 2.64 bits per heavy atom. The molecular formula is C22H29FO5. The van der Waals surface area contributed by atoms with Gasteiger partial charge in [0.2, 0.25) is 0 Å². The fraction of sp³-hybridized carbons (Fsp3) is 0.727. The summed E-state index contributed by atoms with van der Waals surface area (Å²) in [6.07, 6.45) is 4.09. The second kappa shape index (κ2) is 5.83. The van der Waals surface area contributed by atoms with Crippen molar-refractivity contribution in [3.05, 3.63) is 23.8 Å². The van der Waals surface area contributed by atoms with E-state index in [9.17, 15) is 24.9 Å². The van der Waals surface area contributed by atoms with Gasteiger partial charge in [-0.05, 0) is 56.6 Å². The van der Waals surface area contributed by atoms with Gasteiger partial charge in [0, 0.05) is 16.7 Å². The first-order chi connectivity index (χ1) is 13.0. The molecule has 0 radical (unpaired) electrons. The first-order valence-electron chi connectivity index (χ1n) is 10.1. The van der Waals surface area contributed by atoms with Gasteiger partial charge in [0.15, 0.2) is 17.2 Å². The molecule has 0 aliphatic heterocycles. The molecule has 4 rings (SSSR count). The van der Waals surface area contributed by atoms with Gasteiger partial charge in [-0.1, -0.05) is 25.5 Å². The molecule has 4 aliphatic rings. The summed E-state index contributed by atoms with van der Waals surface area (Å²) in [6.45, 7) is 4.69. The van der Waals surface area contributed by atoms with Crippen LogP contribution in [0.3, 0.4) is 0 Å². The second-order valence-corrected chi connectivity index (χ2v) is 9.77. The first kappa shape index (κ1) is 19.9. The van der Waals surface area contributed by atoms with E-state index in [2.05, 4.69) is 0 Å². The third kappa shape index (κ3) is 2.06. The van der Waals surface area contributed by atoms with Crippen LogP contribution in [-0.2, 0) is 9.59 Å². The lowest BCUT2D eigenvalue weighted by Crippen LogP contribution is -2.69. The molecule has 0 aromatic carbocycles. The Morgan fingerprint density at radius 1 is 1.32 bits per heavy atom. The molecule has 0 spiro atoms. The number of carbonyl (C=O) groups excluding carboxylic acids is 2. The molecule has 154 valence electrons. The number of fused-ring (bicyclic) bond motifs is 5.